The quantitative estimate of drug-likeness (QED) is 0.783. The summed E-state index contributed by atoms with van der Waals surface area (Å²) in [5.41, 5.74) is 0.986. The Morgan fingerprint density at radius 1 is 1.42 bits per heavy atom. The van der Waals surface area contributed by atoms with Crippen LogP contribution in [-0.2, 0) is 14.3 Å². The molecule has 5 nitrogen and oxygen atoms in total. The number of hydrogen-bond donors (Lipinski definition) is 1. The predicted octanol–water partition coefficient (Wildman–Crippen LogP) is 0.0937. The van der Waals surface area contributed by atoms with Crippen molar-refractivity contribution in [1.29, 1.82) is 0 Å². The van der Waals surface area contributed by atoms with E-state index in [-0.39, 0.29) is 23.5 Å². The molecule has 2 atom stereocenters. The van der Waals surface area contributed by atoms with Crippen molar-refractivity contribution in [3.63, 3.8) is 0 Å². The Kier molecular flexibility index (Phi) is 3.38. The Hall–Kier alpha value is -1.62. The molecule has 1 saturated heterocycles. The van der Waals surface area contributed by atoms with Crippen LogP contribution in [0.5, 0.6) is 0 Å². The number of Topliss-reactive ketones (excluding diaryl/α,β-unsaturated/α-hetero) is 1. The standard InChI is InChI=1S/C14H18N2O3/c17-13-7-15-4-6-16(13)5-3-10-1-2-11-8-19-9-12(11)14(10)18/h1-2,8,10,12,15H,3-7,9H2. The number of allylic oxidation sites excluding steroid dienone is 2. The number of fused-ring (bicyclic) bond motifs is 1. The van der Waals surface area contributed by atoms with Gasteiger partial charge in [0.05, 0.1) is 18.7 Å². The molecule has 3 aliphatic rings. The first-order chi connectivity index (χ1) is 9.25. The van der Waals surface area contributed by atoms with Crippen LogP contribution < -0.4 is 5.32 Å². The van der Waals surface area contributed by atoms with E-state index in [2.05, 4.69) is 5.32 Å². The van der Waals surface area contributed by atoms with Gasteiger partial charge < -0.3 is 15.0 Å². The second-order valence-corrected chi connectivity index (χ2v) is 5.22. The largest absolute Gasteiger partial charge is 0.500 e. The van der Waals surface area contributed by atoms with E-state index < -0.39 is 0 Å². The summed E-state index contributed by atoms with van der Waals surface area (Å²) in [5.74, 6) is 0.192. The van der Waals surface area contributed by atoms with Crippen molar-refractivity contribution in [2.45, 2.75) is 6.42 Å². The van der Waals surface area contributed by atoms with Gasteiger partial charge >= 0.3 is 0 Å². The number of hydrogen-bond acceptors (Lipinski definition) is 4. The summed E-state index contributed by atoms with van der Waals surface area (Å²) in [6.45, 7) is 3.12. The monoisotopic (exact) mass is 262 g/mol. The highest BCUT2D eigenvalue weighted by atomic mass is 16.5. The number of piperazine rings is 1. The lowest BCUT2D eigenvalue weighted by atomic mass is 9.82. The molecule has 0 saturated carbocycles. The Bertz CT molecular complexity index is 456. The molecule has 1 aliphatic carbocycles. The summed E-state index contributed by atoms with van der Waals surface area (Å²) in [6, 6.07) is 0. The average Bonchev–Trinajstić information content (AvgIpc) is 2.89. The van der Waals surface area contributed by atoms with Gasteiger partial charge in [0.1, 0.15) is 6.61 Å². The minimum atomic E-state index is -0.0891. The normalized spacial score (nSPS) is 30.1. The number of nitrogens with zero attached hydrogens (tertiary/aromatic N) is 1. The van der Waals surface area contributed by atoms with Crippen molar-refractivity contribution in [1.82, 2.24) is 10.2 Å². The first-order valence-electron chi connectivity index (χ1n) is 6.78. The SMILES string of the molecule is O=C1C(CCN2CCNCC2=O)C=CC2=COCC12. The van der Waals surface area contributed by atoms with Crippen molar-refractivity contribution < 1.29 is 14.3 Å². The van der Waals surface area contributed by atoms with Gasteiger partial charge in [-0.05, 0) is 6.42 Å². The van der Waals surface area contributed by atoms with Gasteiger partial charge in [-0.25, -0.2) is 0 Å². The van der Waals surface area contributed by atoms with Crippen LogP contribution in [0.2, 0.25) is 0 Å². The van der Waals surface area contributed by atoms with Crippen LogP contribution in [0.15, 0.2) is 24.0 Å². The first kappa shape index (κ1) is 12.4. The van der Waals surface area contributed by atoms with Crippen molar-refractivity contribution >= 4 is 11.7 Å². The Labute approximate surface area is 112 Å². The van der Waals surface area contributed by atoms with Crippen LogP contribution in [0.1, 0.15) is 6.42 Å². The van der Waals surface area contributed by atoms with E-state index >= 15 is 0 Å². The third kappa shape index (κ3) is 2.42. The molecule has 2 aliphatic heterocycles. The van der Waals surface area contributed by atoms with Crippen LogP contribution in [0.4, 0.5) is 0 Å². The fourth-order valence-electron chi connectivity index (χ4n) is 2.82. The molecule has 5 heteroatoms. The fourth-order valence-corrected chi connectivity index (χ4v) is 2.82. The highest BCUT2D eigenvalue weighted by Gasteiger charge is 2.34. The van der Waals surface area contributed by atoms with Gasteiger partial charge in [0.2, 0.25) is 5.91 Å². The second-order valence-electron chi connectivity index (χ2n) is 5.22. The van der Waals surface area contributed by atoms with Gasteiger partial charge in [0.25, 0.3) is 0 Å². The molecular weight excluding hydrogens is 244 g/mol. The molecule has 2 unspecified atom stereocenters. The lowest BCUT2D eigenvalue weighted by Gasteiger charge is -2.29. The molecule has 102 valence electrons. The minimum absolute atomic E-state index is 0.0773. The number of ketones is 1. The molecule has 0 radical (unpaired) electrons. The Morgan fingerprint density at radius 2 is 2.32 bits per heavy atom. The van der Waals surface area contributed by atoms with Gasteiger partial charge in [0.15, 0.2) is 5.78 Å². The fraction of sp³-hybridized carbons (Fsp3) is 0.571. The van der Waals surface area contributed by atoms with Crippen molar-refractivity contribution in [2.24, 2.45) is 11.8 Å². The lowest BCUT2D eigenvalue weighted by Crippen LogP contribution is -2.48. The molecule has 0 spiro atoms. The van der Waals surface area contributed by atoms with Gasteiger partial charge in [-0.2, -0.15) is 0 Å². The number of amides is 1. The molecule has 1 N–H and O–H groups in total. The smallest absolute Gasteiger partial charge is 0.236 e. The van der Waals surface area contributed by atoms with E-state index in [9.17, 15) is 9.59 Å². The summed E-state index contributed by atoms with van der Waals surface area (Å²) < 4.78 is 5.21. The lowest BCUT2D eigenvalue weighted by molar-refractivity contribution is -0.133. The number of carbonyl (C=O) groups excluding carboxylic acids is 2. The van der Waals surface area contributed by atoms with Crippen molar-refractivity contribution in [3.8, 4) is 0 Å². The molecule has 1 amide bonds. The van der Waals surface area contributed by atoms with Gasteiger partial charge in [-0.15, -0.1) is 0 Å². The molecule has 0 aromatic carbocycles. The third-order valence-electron chi connectivity index (χ3n) is 4.01. The number of carbonyl (C=O) groups is 2. The van der Waals surface area contributed by atoms with E-state index in [1.54, 1.807) is 6.26 Å². The third-order valence-corrected chi connectivity index (χ3v) is 4.01. The van der Waals surface area contributed by atoms with E-state index in [1.165, 1.54) is 0 Å². The highest BCUT2D eigenvalue weighted by Crippen LogP contribution is 2.30. The summed E-state index contributed by atoms with van der Waals surface area (Å²) in [7, 11) is 0. The van der Waals surface area contributed by atoms with E-state index in [4.69, 9.17) is 4.74 Å². The molecule has 19 heavy (non-hydrogen) atoms. The number of nitrogens with one attached hydrogen (secondary N) is 1. The zero-order valence-electron chi connectivity index (χ0n) is 10.8. The Balaban J connectivity index is 1.58. The maximum Gasteiger partial charge on any atom is 0.236 e. The zero-order valence-corrected chi connectivity index (χ0v) is 10.8. The van der Waals surface area contributed by atoms with Gasteiger partial charge in [-0.3, -0.25) is 9.59 Å². The molecule has 3 rings (SSSR count). The second kappa shape index (κ2) is 5.17. The molecule has 0 aromatic heterocycles. The topological polar surface area (TPSA) is 58.6 Å². The maximum atomic E-state index is 12.3. The van der Waals surface area contributed by atoms with Gasteiger partial charge in [-0.1, -0.05) is 12.2 Å². The molecule has 2 heterocycles. The van der Waals surface area contributed by atoms with Crippen LogP contribution in [0.25, 0.3) is 0 Å². The molecule has 1 fully saturated rings. The summed E-state index contributed by atoms with van der Waals surface area (Å²) in [5, 5.41) is 3.05. The van der Waals surface area contributed by atoms with E-state index in [0.717, 1.165) is 18.7 Å². The predicted molar refractivity (Wildman–Crippen MR) is 69.2 cm³/mol. The van der Waals surface area contributed by atoms with Crippen LogP contribution in [0.3, 0.4) is 0 Å². The van der Waals surface area contributed by atoms with Crippen LogP contribution >= 0.6 is 0 Å². The Morgan fingerprint density at radius 3 is 3.16 bits per heavy atom. The first-order valence-corrected chi connectivity index (χ1v) is 6.78. The summed E-state index contributed by atoms with van der Waals surface area (Å²) in [4.78, 5) is 25.8. The van der Waals surface area contributed by atoms with E-state index in [1.807, 2.05) is 17.1 Å². The van der Waals surface area contributed by atoms with Gasteiger partial charge in [0, 0.05) is 31.1 Å². The minimum Gasteiger partial charge on any atom is -0.500 e. The van der Waals surface area contributed by atoms with E-state index in [0.29, 0.717) is 26.1 Å². The molecular formula is C14H18N2O3. The van der Waals surface area contributed by atoms with Crippen LogP contribution in [-0.4, -0.2) is 49.4 Å². The summed E-state index contributed by atoms with van der Waals surface area (Å²) in [6.07, 6.45) is 6.33. The number of rotatable bonds is 3. The van der Waals surface area contributed by atoms with Crippen molar-refractivity contribution in [3.05, 3.63) is 24.0 Å². The highest BCUT2D eigenvalue weighted by molar-refractivity contribution is 5.90. The molecule has 0 aromatic rings. The maximum absolute atomic E-state index is 12.3. The summed E-state index contributed by atoms with van der Waals surface area (Å²) >= 11 is 0. The van der Waals surface area contributed by atoms with Crippen LogP contribution in [0, 0.1) is 11.8 Å². The average molecular weight is 262 g/mol. The zero-order chi connectivity index (χ0) is 13.2. The number of ether oxygens (including phenoxy) is 1. The molecule has 0 bridgehead atoms. The van der Waals surface area contributed by atoms with Crippen molar-refractivity contribution in [2.75, 3.05) is 32.8 Å².